The van der Waals surface area contributed by atoms with Gasteiger partial charge >= 0.3 is 6.03 Å². The summed E-state index contributed by atoms with van der Waals surface area (Å²) < 4.78 is 0. The Hall–Kier alpha value is -2.83. The quantitative estimate of drug-likeness (QED) is 0.824. The van der Waals surface area contributed by atoms with Crippen LogP contribution in [0.25, 0.3) is 0 Å². The maximum Gasteiger partial charge on any atom is 0.328 e. The summed E-state index contributed by atoms with van der Waals surface area (Å²) >= 11 is 0. The summed E-state index contributed by atoms with van der Waals surface area (Å²) in [6.45, 7) is 8.57. The predicted octanol–water partition coefficient (Wildman–Crippen LogP) is 2.66. The van der Waals surface area contributed by atoms with Gasteiger partial charge in [-0.25, -0.2) is 9.79 Å². The molecule has 1 fully saturated rings. The number of urea groups is 1. The number of allylic oxidation sites excluding steroid dienone is 1. The van der Waals surface area contributed by atoms with Crippen molar-refractivity contribution in [3.8, 4) is 0 Å². The molecule has 4 rings (SSSR count). The highest BCUT2D eigenvalue weighted by Crippen LogP contribution is 2.36. The van der Waals surface area contributed by atoms with Crippen LogP contribution in [-0.2, 0) is 4.79 Å². The van der Waals surface area contributed by atoms with Crippen LogP contribution in [0.15, 0.2) is 35.1 Å². The van der Waals surface area contributed by atoms with E-state index in [1.165, 1.54) is 16.0 Å². The zero-order chi connectivity index (χ0) is 19.5. The second kappa shape index (κ2) is 6.11. The van der Waals surface area contributed by atoms with Crippen LogP contribution in [0.5, 0.6) is 0 Å². The van der Waals surface area contributed by atoms with E-state index in [0.717, 1.165) is 17.8 Å². The number of aliphatic imine (C=N–C) groups is 1. The maximum absolute atomic E-state index is 13.1. The Balaban J connectivity index is 1.73. The van der Waals surface area contributed by atoms with Crippen molar-refractivity contribution in [1.29, 1.82) is 0 Å². The zero-order valence-electron chi connectivity index (χ0n) is 16.4. The predicted molar refractivity (Wildman–Crippen MR) is 104 cm³/mol. The molecule has 0 aliphatic carbocycles. The third kappa shape index (κ3) is 2.44. The van der Waals surface area contributed by atoms with Crippen molar-refractivity contribution in [2.75, 3.05) is 18.5 Å². The fraction of sp³-hybridized carbons (Fsp3) is 0.450. The lowest BCUT2D eigenvalue weighted by Crippen LogP contribution is -2.64. The first-order valence-electron chi connectivity index (χ1n) is 9.35. The summed E-state index contributed by atoms with van der Waals surface area (Å²) in [6.07, 6.45) is 2.20. The van der Waals surface area contributed by atoms with Crippen molar-refractivity contribution in [2.24, 2.45) is 4.99 Å². The molecule has 7 heteroatoms. The van der Waals surface area contributed by atoms with Crippen LogP contribution < -0.4 is 4.90 Å². The summed E-state index contributed by atoms with van der Waals surface area (Å²) in [4.78, 5) is 37.3. The second-order valence-corrected chi connectivity index (χ2v) is 7.45. The summed E-state index contributed by atoms with van der Waals surface area (Å²) in [7, 11) is 1.72. The largest absolute Gasteiger partial charge is 0.328 e. The van der Waals surface area contributed by atoms with E-state index >= 15 is 0 Å². The Morgan fingerprint density at radius 2 is 1.85 bits per heavy atom. The molecule has 0 N–H and O–H groups in total. The monoisotopic (exact) mass is 367 g/mol. The first-order valence-corrected chi connectivity index (χ1v) is 9.35. The summed E-state index contributed by atoms with van der Waals surface area (Å²) in [5.41, 5.74) is 4.45. The molecule has 3 aliphatic rings. The molecule has 0 spiro atoms. The number of benzene rings is 1. The minimum Gasteiger partial charge on any atom is -0.302 e. The first kappa shape index (κ1) is 17.6. The van der Waals surface area contributed by atoms with Gasteiger partial charge in [0.05, 0.1) is 0 Å². The highest BCUT2D eigenvalue weighted by Gasteiger charge is 2.54. The number of imide groups is 1. The van der Waals surface area contributed by atoms with Crippen molar-refractivity contribution in [2.45, 2.75) is 46.3 Å². The van der Waals surface area contributed by atoms with Gasteiger partial charge in [-0.15, -0.1) is 0 Å². The van der Waals surface area contributed by atoms with E-state index < -0.39 is 12.2 Å². The Labute approximate surface area is 159 Å². The van der Waals surface area contributed by atoms with Crippen LogP contribution in [0.2, 0.25) is 0 Å². The Kier molecular flexibility index (Phi) is 3.98. The Morgan fingerprint density at radius 1 is 1.11 bits per heavy atom. The van der Waals surface area contributed by atoms with E-state index in [1.807, 2.05) is 24.9 Å². The van der Waals surface area contributed by atoms with E-state index in [4.69, 9.17) is 4.99 Å². The lowest BCUT2D eigenvalue weighted by Gasteiger charge is -2.40. The number of rotatable bonds is 3. The Morgan fingerprint density at radius 3 is 2.52 bits per heavy atom. The van der Waals surface area contributed by atoms with E-state index in [0.29, 0.717) is 12.5 Å². The fourth-order valence-corrected chi connectivity index (χ4v) is 3.97. The number of fused-ring (bicyclic) bond motifs is 3. The molecular formula is C20H25N5O2. The minimum atomic E-state index is -0.499. The van der Waals surface area contributed by atoms with Crippen LogP contribution in [0.3, 0.4) is 0 Å². The lowest BCUT2D eigenvalue weighted by atomic mass is 10.1. The molecule has 0 saturated carbocycles. The molecule has 3 aliphatic heterocycles. The van der Waals surface area contributed by atoms with Gasteiger partial charge in [0.1, 0.15) is 0 Å². The minimum absolute atomic E-state index is 0.172. The van der Waals surface area contributed by atoms with E-state index in [9.17, 15) is 9.59 Å². The van der Waals surface area contributed by atoms with Crippen molar-refractivity contribution in [3.63, 3.8) is 0 Å². The van der Waals surface area contributed by atoms with Gasteiger partial charge in [-0.1, -0.05) is 13.0 Å². The number of carbonyl (C=O) groups excluding carboxylic acids is 2. The highest BCUT2D eigenvalue weighted by molar-refractivity contribution is 6.09. The molecule has 0 radical (unpaired) electrons. The number of anilines is 1. The zero-order valence-corrected chi connectivity index (χ0v) is 16.4. The smallest absolute Gasteiger partial charge is 0.302 e. The maximum atomic E-state index is 13.1. The average molecular weight is 367 g/mol. The summed E-state index contributed by atoms with van der Waals surface area (Å²) in [6, 6.07) is 5.51. The van der Waals surface area contributed by atoms with E-state index in [2.05, 4.69) is 36.9 Å². The van der Waals surface area contributed by atoms with Crippen molar-refractivity contribution in [1.82, 2.24) is 14.7 Å². The topological polar surface area (TPSA) is 59.5 Å². The molecule has 3 amide bonds. The number of nitrogens with zero attached hydrogens (tertiary/aromatic N) is 5. The van der Waals surface area contributed by atoms with Gasteiger partial charge in [0.2, 0.25) is 5.96 Å². The number of aryl methyl sites for hydroxylation is 2. The van der Waals surface area contributed by atoms with Crippen LogP contribution in [0.4, 0.5) is 10.5 Å². The molecule has 142 valence electrons. The van der Waals surface area contributed by atoms with Crippen molar-refractivity contribution >= 4 is 23.6 Å². The van der Waals surface area contributed by atoms with Crippen molar-refractivity contribution in [3.05, 3.63) is 41.2 Å². The molecule has 27 heavy (non-hydrogen) atoms. The number of hydrogen-bond acceptors (Lipinski definition) is 5. The van der Waals surface area contributed by atoms with Gasteiger partial charge in [0.25, 0.3) is 5.91 Å². The number of amides is 3. The SMILES string of the molecule is CCCN1C(=O)C2C(N=C3N(c4ccc(C)c(C)c4)C(C)=CN32)N(C)C1=O. The Bertz CT molecular complexity index is 890. The number of guanidine groups is 1. The fourth-order valence-electron chi connectivity index (χ4n) is 3.97. The van der Waals surface area contributed by atoms with Gasteiger partial charge in [-0.05, 0) is 50.5 Å². The van der Waals surface area contributed by atoms with E-state index in [-0.39, 0.29) is 11.9 Å². The molecular weight excluding hydrogens is 342 g/mol. The van der Waals surface area contributed by atoms with Crippen molar-refractivity contribution < 1.29 is 9.59 Å². The lowest BCUT2D eigenvalue weighted by molar-refractivity contribution is -0.136. The highest BCUT2D eigenvalue weighted by atomic mass is 16.2. The molecule has 0 aromatic heterocycles. The van der Waals surface area contributed by atoms with Gasteiger partial charge in [-0.2, -0.15) is 0 Å². The van der Waals surface area contributed by atoms with Gasteiger partial charge in [0.15, 0.2) is 12.2 Å². The van der Waals surface area contributed by atoms with Crippen LogP contribution in [-0.4, -0.2) is 58.4 Å². The molecule has 2 atom stereocenters. The third-order valence-electron chi connectivity index (χ3n) is 5.58. The molecule has 7 nitrogen and oxygen atoms in total. The average Bonchev–Trinajstić information content (AvgIpc) is 3.14. The van der Waals surface area contributed by atoms with Gasteiger partial charge < -0.3 is 9.80 Å². The van der Waals surface area contributed by atoms with Gasteiger partial charge in [0, 0.05) is 31.2 Å². The van der Waals surface area contributed by atoms with Crippen LogP contribution >= 0.6 is 0 Å². The molecule has 0 bridgehead atoms. The van der Waals surface area contributed by atoms with Gasteiger partial charge in [-0.3, -0.25) is 14.6 Å². The van der Waals surface area contributed by atoms with Crippen LogP contribution in [0, 0.1) is 13.8 Å². The third-order valence-corrected chi connectivity index (χ3v) is 5.58. The first-order chi connectivity index (χ1) is 12.8. The number of likely N-dealkylation sites (N-methyl/N-ethyl adjacent to an activating group) is 1. The molecule has 1 aromatic carbocycles. The standard InChI is InChI=1S/C20H25N5O2/c1-6-9-23-18(26)16-17(22(5)20(23)27)21-19-24(16)11-14(4)25(19)15-8-7-12(2)13(3)10-15/h7-8,10-11,16-17H,6,9H2,1-5H3. The number of hydrogen-bond donors (Lipinski definition) is 0. The molecule has 1 saturated heterocycles. The van der Waals surface area contributed by atoms with Crippen LogP contribution in [0.1, 0.15) is 31.4 Å². The number of carbonyl (C=O) groups is 2. The normalized spacial score (nSPS) is 24.3. The summed E-state index contributed by atoms with van der Waals surface area (Å²) in [5, 5.41) is 0. The molecule has 1 aromatic rings. The second-order valence-electron chi connectivity index (χ2n) is 7.45. The van der Waals surface area contributed by atoms with E-state index in [1.54, 1.807) is 11.9 Å². The molecule has 3 heterocycles. The molecule has 2 unspecified atom stereocenters. The summed E-state index contributed by atoms with van der Waals surface area (Å²) in [5.74, 6) is 0.534.